The maximum atomic E-state index is 12.4. The van der Waals surface area contributed by atoms with E-state index in [0.717, 1.165) is 22.6 Å². The van der Waals surface area contributed by atoms with Crippen LogP contribution in [0.3, 0.4) is 0 Å². The maximum absolute atomic E-state index is 12.4. The van der Waals surface area contributed by atoms with Crippen molar-refractivity contribution in [2.45, 2.75) is 24.0 Å². The van der Waals surface area contributed by atoms with Crippen molar-refractivity contribution in [3.05, 3.63) is 40.2 Å². The first kappa shape index (κ1) is 16.3. The number of hydrogen-bond donors (Lipinski definition) is 2. The minimum Gasteiger partial charge on any atom is -0.325 e. The topological polar surface area (TPSA) is 75.3 Å². The van der Waals surface area contributed by atoms with Crippen LogP contribution in [0, 0.1) is 5.92 Å². The third-order valence-corrected chi connectivity index (χ3v) is 6.76. The zero-order chi connectivity index (χ0) is 16.8. The van der Waals surface area contributed by atoms with Gasteiger partial charge in [-0.2, -0.15) is 0 Å². The van der Waals surface area contributed by atoms with Gasteiger partial charge in [-0.05, 0) is 41.8 Å². The Hall–Kier alpha value is -1.57. The molecule has 1 aliphatic rings. The Morgan fingerprint density at radius 1 is 1.26 bits per heavy atom. The summed E-state index contributed by atoms with van der Waals surface area (Å²) < 4.78 is 27.8. The summed E-state index contributed by atoms with van der Waals surface area (Å²) in [6.45, 7) is 3.92. The van der Waals surface area contributed by atoms with Gasteiger partial charge in [0.15, 0.2) is 0 Å². The molecule has 23 heavy (non-hydrogen) atoms. The Morgan fingerprint density at radius 3 is 2.61 bits per heavy atom. The summed E-state index contributed by atoms with van der Waals surface area (Å²) in [5.74, 6) is -0.204. The number of sulfonamides is 1. The first-order valence-electron chi connectivity index (χ1n) is 7.01. The molecule has 2 aromatic rings. The smallest absolute Gasteiger partial charge is 0.271 e. The SMILES string of the molecule is CC(C)C1C(=O)Nc2ccc(NS(=O)(=O)c3ccc(Cl)s3)cc21. The highest BCUT2D eigenvalue weighted by Gasteiger charge is 2.33. The lowest BCUT2D eigenvalue weighted by molar-refractivity contribution is -0.117. The van der Waals surface area contributed by atoms with E-state index in [1.54, 1.807) is 24.3 Å². The molecule has 1 aromatic heterocycles. The minimum absolute atomic E-state index is 0.0555. The van der Waals surface area contributed by atoms with E-state index < -0.39 is 10.0 Å². The molecule has 2 N–H and O–H groups in total. The number of fused-ring (bicyclic) bond motifs is 1. The lowest BCUT2D eigenvalue weighted by atomic mass is 9.89. The number of thiophene rings is 1. The predicted octanol–water partition coefficient (Wildman–Crippen LogP) is 3.89. The molecule has 3 rings (SSSR count). The van der Waals surface area contributed by atoms with Crippen molar-refractivity contribution < 1.29 is 13.2 Å². The summed E-state index contributed by atoms with van der Waals surface area (Å²) in [4.78, 5) is 12.0. The molecule has 5 nitrogen and oxygen atoms in total. The zero-order valence-corrected chi connectivity index (χ0v) is 14.8. The van der Waals surface area contributed by atoms with E-state index >= 15 is 0 Å². The van der Waals surface area contributed by atoms with Crippen molar-refractivity contribution in [2.75, 3.05) is 10.0 Å². The van der Waals surface area contributed by atoms with E-state index in [1.807, 2.05) is 13.8 Å². The number of anilines is 2. The van der Waals surface area contributed by atoms with Gasteiger partial charge in [0.2, 0.25) is 5.91 Å². The highest BCUT2D eigenvalue weighted by Crippen LogP contribution is 2.39. The fourth-order valence-corrected chi connectivity index (χ4v) is 5.19. The second kappa shape index (κ2) is 5.81. The third kappa shape index (κ3) is 3.08. The average Bonchev–Trinajstić information content (AvgIpc) is 3.01. The van der Waals surface area contributed by atoms with Crippen molar-refractivity contribution in [3.63, 3.8) is 0 Å². The number of nitrogens with one attached hydrogen (secondary N) is 2. The second-order valence-electron chi connectivity index (χ2n) is 5.68. The number of hydrogen-bond acceptors (Lipinski definition) is 4. The van der Waals surface area contributed by atoms with E-state index in [4.69, 9.17) is 11.6 Å². The normalized spacial score (nSPS) is 17.2. The molecule has 122 valence electrons. The second-order valence-corrected chi connectivity index (χ2v) is 9.30. The van der Waals surface area contributed by atoms with Crippen LogP contribution in [-0.4, -0.2) is 14.3 Å². The van der Waals surface area contributed by atoms with Gasteiger partial charge in [-0.1, -0.05) is 25.4 Å². The van der Waals surface area contributed by atoms with Gasteiger partial charge in [-0.3, -0.25) is 9.52 Å². The molecule has 1 atom stereocenters. The Morgan fingerprint density at radius 2 is 2.00 bits per heavy atom. The summed E-state index contributed by atoms with van der Waals surface area (Å²) in [5.41, 5.74) is 1.97. The van der Waals surface area contributed by atoms with Gasteiger partial charge in [-0.15, -0.1) is 11.3 Å². The van der Waals surface area contributed by atoms with Gasteiger partial charge in [0.25, 0.3) is 10.0 Å². The van der Waals surface area contributed by atoms with Gasteiger partial charge in [0.05, 0.1) is 10.3 Å². The number of benzene rings is 1. The van der Waals surface area contributed by atoms with E-state index in [9.17, 15) is 13.2 Å². The first-order chi connectivity index (χ1) is 10.8. The average molecular weight is 371 g/mol. The number of rotatable bonds is 4. The van der Waals surface area contributed by atoms with Crippen LogP contribution < -0.4 is 10.0 Å². The molecule has 0 spiro atoms. The van der Waals surface area contributed by atoms with Gasteiger partial charge in [-0.25, -0.2) is 8.42 Å². The van der Waals surface area contributed by atoms with Gasteiger partial charge >= 0.3 is 0 Å². The summed E-state index contributed by atoms with van der Waals surface area (Å²) in [5, 5.41) is 2.82. The van der Waals surface area contributed by atoms with Crippen molar-refractivity contribution in [2.24, 2.45) is 5.92 Å². The zero-order valence-electron chi connectivity index (χ0n) is 12.5. The van der Waals surface area contributed by atoms with Gasteiger partial charge in [0.1, 0.15) is 4.21 Å². The van der Waals surface area contributed by atoms with E-state index in [-0.39, 0.29) is 22.0 Å². The lowest BCUT2D eigenvalue weighted by Gasteiger charge is -2.14. The molecule has 1 aliphatic heterocycles. The summed E-state index contributed by atoms with van der Waals surface area (Å²) in [6.07, 6.45) is 0. The van der Waals surface area contributed by atoms with Crippen LogP contribution in [0.25, 0.3) is 0 Å². The molecule has 0 saturated heterocycles. The molecule has 1 unspecified atom stereocenters. The highest BCUT2D eigenvalue weighted by molar-refractivity contribution is 7.94. The van der Waals surface area contributed by atoms with Crippen molar-refractivity contribution in [1.82, 2.24) is 0 Å². The molecule has 0 radical (unpaired) electrons. The molecule has 0 bridgehead atoms. The first-order valence-corrected chi connectivity index (χ1v) is 9.68. The van der Waals surface area contributed by atoms with E-state index in [1.165, 1.54) is 6.07 Å². The largest absolute Gasteiger partial charge is 0.325 e. The standard InChI is InChI=1S/C15H15ClN2O3S2/c1-8(2)14-10-7-9(3-4-11(10)17-15(14)19)18-23(20,21)13-6-5-12(16)22-13/h3-8,14,18H,1-2H3,(H,17,19). The Kier molecular flexibility index (Phi) is 4.12. The van der Waals surface area contributed by atoms with E-state index in [2.05, 4.69) is 10.0 Å². The quantitative estimate of drug-likeness (QED) is 0.857. The van der Waals surface area contributed by atoms with Crippen molar-refractivity contribution in [1.29, 1.82) is 0 Å². The van der Waals surface area contributed by atoms with E-state index in [0.29, 0.717) is 10.0 Å². The molecule has 2 heterocycles. The summed E-state index contributed by atoms with van der Waals surface area (Å²) >= 11 is 6.79. The Balaban J connectivity index is 1.93. The van der Waals surface area contributed by atoms with Crippen LogP contribution in [0.15, 0.2) is 34.5 Å². The third-order valence-electron chi connectivity index (χ3n) is 3.66. The van der Waals surface area contributed by atoms with Crippen LogP contribution in [0.2, 0.25) is 4.34 Å². The van der Waals surface area contributed by atoms with Crippen LogP contribution in [0.4, 0.5) is 11.4 Å². The lowest BCUT2D eigenvalue weighted by Crippen LogP contribution is -2.17. The molecular weight excluding hydrogens is 356 g/mol. The van der Waals surface area contributed by atoms with Gasteiger partial charge in [0, 0.05) is 11.4 Å². The molecule has 0 saturated carbocycles. The van der Waals surface area contributed by atoms with Crippen molar-refractivity contribution in [3.8, 4) is 0 Å². The molecule has 1 aromatic carbocycles. The highest BCUT2D eigenvalue weighted by atomic mass is 35.5. The predicted molar refractivity (Wildman–Crippen MR) is 92.8 cm³/mol. The minimum atomic E-state index is -3.68. The van der Waals surface area contributed by atoms with Gasteiger partial charge < -0.3 is 5.32 Å². The van der Waals surface area contributed by atoms with Crippen LogP contribution in [0.1, 0.15) is 25.3 Å². The Bertz CT molecular complexity index is 875. The molecule has 0 fully saturated rings. The maximum Gasteiger partial charge on any atom is 0.271 e. The fourth-order valence-electron chi connectivity index (χ4n) is 2.66. The number of carbonyl (C=O) groups excluding carboxylic acids is 1. The molecule has 0 aliphatic carbocycles. The van der Waals surface area contributed by atoms with Crippen LogP contribution in [0.5, 0.6) is 0 Å². The van der Waals surface area contributed by atoms with Crippen LogP contribution in [-0.2, 0) is 14.8 Å². The molecular formula is C15H15ClN2O3S2. The number of carbonyl (C=O) groups is 1. The van der Waals surface area contributed by atoms with Crippen molar-refractivity contribution >= 4 is 50.2 Å². The number of amides is 1. The fraction of sp³-hybridized carbons (Fsp3) is 0.267. The number of halogens is 1. The molecule has 1 amide bonds. The summed E-state index contributed by atoms with van der Waals surface area (Å²) in [6, 6.07) is 8.07. The summed E-state index contributed by atoms with van der Waals surface area (Å²) in [7, 11) is -3.68. The Labute approximate surface area is 143 Å². The van der Waals surface area contributed by atoms with Crippen LogP contribution >= 0.6 is 22.9 Å². The molecule has 8 heteroatoms. The monoisotopic (exact) mass is 370 g/mol.